The second kappa shape index (κ2) is 6.02. The van der Waals surface area contributed by atoms with Gasteiger partial charge in [-0.05, 0) is 17.7 Å². The first-order chi connectivity index (χ1) is 9.26. The van der Waals surface area contributed by atoms with E-state index in [2.05, 4.69) is 0 Å². The zero-order valence-corrected chi connectivity index (χ0v) is 10.2. The minimum absolute atomic E-state index is 0.0322. The number of ether oxygens (including phenoxy) is 1. The Morgan fingerprint density at radius 3 is 2.58 bits per heavy atom. The fourth-order valence-corrected chi connectivity index (χ4v) is 1.84. The molecule has 4 heteroatoms. The molecule has 2 aromatic rings. The molecule has 0 bridgehead atoms. The Kier molecular flexibility index (Phi) is 4.15. The summed E-state index contributed by atoms with van der Waals surface area (Å²) in [7, 11) is 0. The van der Waals surface area contributed by atoms with Gasteiger partial charge in [-0.1, -0.05) is 24.3 Å². The zero-order valence-electron chi connectivity index (χ0n) is 10.2. The lowest BCUT2D eigenvalue weighted by Crippen LogP contribution is -2.01. The van der Waals surface area contributed by atoms with Crippen molar-refractivity contribution in [2.75, 3.05) is 13.2 Å². The molecule has 98 valence electrons. The van der Waals surface area contributed by atoms with E-state index in [4.69, 9.17) is 9.84 Å². The summed E-state index contributed by atoms with van der Waals surface area (Å²) in [5.41, 5.74) is 1.75. The summed E-state index contributed by atoms with van der Waals surface area (Å²) >= 11 is 0. The maximum atomic E-state index is 11.0. The second-order valence-electron chi connectivity index (χ2n) is 3.96. The number of benzene rings is 2. The average molecular weight is 258 g/mol. The van der Waals surface area contributed by atoms with E-state index in [1.807, 2.05) is 0 Å². The first kappa shape index (κ1) is 13.1. The van der Waals surface area contributed by atoms with Crippen LogP contribution < -0.4 is 4.74 Å². The first-order valence-electron chi connectivity index (χ1n) is 5.87. The minimum Gasteiger partial charge on any atom is -0.507 e. The number of phenols is 1. The number of rotatable bonds is 5. The first-order valence-corrected chi connectivity index (χ1v) is 5.87. The zero-order chi connectivity index (χ0) is 13.7. The quantitative estimate of drug-likeness (QED) is 0.807. The number of aldehydes is 1. The summed E-state index contributed by atoms with van der Waals surface area (Å²) in [5, 5.41) is 18.7. The molecule has 0 radical (unpaired) electrons. The molecule has 2 aromatic carbocycles. The second-order valence-corrected chi connectivity index (χ2v) is 3.96. The molecule has 0 spiro atoms. The number of phenolic OH excluding ortho intramolecular Hbond substituents is 1. The third-order valence-electron chi connectivity index (χ3n) is 2.71. The van der Waals surface area contributed by atoms with Gasteiger partial charge in [0.05, 0.1) is 6.61 Å². The number of aromatic hydroxyl groups is 1. The molecule has 0 aliphatic carbocycles. The largest absolute Gasteiger partial charge is 0.507 e. The van der Waals surface area contributed by atoms with Crippen molar-refractivity contribution in [1.82, 2.24) is 0 Å². The summed E-state index contributed by atoms with van der Waals surface area (Å²) in [6.45, 7) is 0.0835. The predicted molar refractivity (Wildman–Crippen MR) is 71.5 cm³/mol. The Bertz CT molecular complexity index is 578. The van der Waals surface area contributed by atoms with Gasteiger partial charge in [0, 0.05) is 17.2 Å². The number of aliphatic hydroxyl groups excluding tert-OH is 1. The maximum Gasteiger partial charge on any atom is 0.150 e. The monoisotopic (exact) mass is 258 g/mol. The Balaban J connectivity index is 2.38. The molecular formula is C15H14O4. The molecule has 0 aromatic heterocycles. The average Bonchev–Trinajstić information content (AvgIpc) is 2.45. The summed E-state index contributed by atoms with van der Waals surface area (Å²) in [6, 6.07) is 11.9. The van der Waals surface area contributed by atoms with E-state index in [0.29, 0.717) is 22.4 Å². The molecule has 2 rings (SSSR count). The lowest BCUT2D eigenvalue weighted by molar-refractivity contribution is 0.112. The number of carbonyl (C=O) groups excluding carboxylic acids is 1. The molecule has 4 nitrogen and oxygen atoms in total. The van der Waals surface area contributed by atoms with Crippen LogP contribution >= 0.6 is 0 Å². The van der Waals surface area contributed by atoms with E-state index >= 15 is 0 Å². The third kappa shape index (κ3) is 2.92. The lowest BCUT2D eigenvalue weighted by Gasteiger charge is -2.10. The molecule has 0 fully saturated rings. The van der Waals surface area contributed by atoms with Crippen LogP contribution in [0.25, 0.3) is 11.1 Å². The fraction of sp³-hybridized carbons (Fsp3) is 0.133. The Labute approximate surface area is 110 Å². The van der Waals surface area contributed by atoms with Gasteiger partial charge in [0.2, 0.25) is 0 Å². The van der Waals surface area contributed by atoms with E-state index in [1.54, 1.807) is 36.4 Å². The summed E-state index contributed by atoms with van der Waals surface area (Å²) < 4.78 is 5.20. The topological polar surface area (TPSA) is 66.8 Å². The third-order valence-corrected chi connectivity index (χ3v) is 2.71. The highest BCUT2D eigenvalue weighted by Crippen LogP contribution is 2.33. The summed E-state index contributed by atoms with van der Waals surface area (Å²) in [6.07, 6.45) is 0.755. The van der Waals surface area contributed by atoms with Crippen LogP contribution in [0, 0.1) is 0 Å². The Morgan fingerprint density at radius 1 is 1.11 bits per heavy atom. The van der Waals surface area contributed by atoms with Crippen molar-refractivity contribution in [2.45, 2.75) is 0 Å². The molecule has 0 aliphatic heterocycles. The molecule has 0 amide bonds. The van der Waals surface area contributed by atoms with Crippen molar-refractivity contribution < 1.29 is 19.7 Å². The number of hydrogen-bond acceptors (Lipinski definition) is 4. The highest BCUT2D eigenvalue weighted by Gasteiger charge is 2.09. The number of aliphatic hydroxyl groups is 1. The van der Waals surface area contributed by atoms with Crippen LogP contribution in [0.15, 0.2) is 42.5 Å². The van der Waals surface area contributed by atoms with E-state index in [9.17, 15) is 9.90 Å². The van der Waals surface area contributed by atoms with Crippen molar-refractivity contribution in [3.8, 4) is 22.6 Å². The van der Waals surface area contributed by atoms with Crippen molar-refractivity contribution in [3.05, 3.63) is 48.0 Å². The molecule has 0 unspecified atom stereocenters. The summed E-state index contributed by atoms with van der Waals surface area (Å²) in [5.74, 6) is 0.503. The van der Waals surface area contributed by atoms with E-state index in [1.165, 1.54) is 6.07 Å². The van der Waals surface area contributed by atoms with Gasteiger partial charge in [0.25, 0.3) is 0 Å². The molecule has 0 atom stereocenters. The van der Waals surface area contributed by atoms with Crippen LogP contribution in [0.4, 0.5) is 0 Å². The van der Waals surface area contributed by atoms with Crippen molar-refractivity contribution in [2.24, 2.45) is 0 Å². The van der Waals surface area contributed by atoms with Crippen molar-refractivity contribution in [3.63, 3.8) is 0 Å². The predicted octanol–water partition coefficient (Wildman–Crippen LogP) is 2.24. The van der Waals surface area contributed by atoms with Gasteiger partial charge in [-0.2, -0.15) is 0 Å². The van der Waals surface area contributed by atoms with Gasteiger partial charge < -0.3 is 14.9 Å². The van der Waals surface area contributed by atoms with E-state index in [0.717, 1.165) is 6.29 Å². The van der Waals surface area contributed by atoms with Crippen LogP contribution in [0.1, 0.15) is 10.4 Å². The smallest absolute Gasteiger partial charge is 0.150 e. The van der Waals surface area contributed by atoms with Gasteiger partial charge in [-0.25, -0.2) is 0 Å². The minimum atomic E-state index is -0.0868. The van der Waals surface area contributed by atoms with Crippen LogP contribution in [0.2, 0.25) is 0 Å². The van der Waals surface area contributed by atoms with Crippen LogP contribution in [-0.4, -0.2) is 29.7 Å². The number of hydrogen-bond donors (Lipinski definition) is 2. The molecule has 0 saturated carbocycles. The van der Waals surface area contributed by atoms with Gasteiger partial charge in [-0.15, -0.1) is 0 Å². The normalized spacial score (nSPS) is 10.2. The van der Waals surface area contributed by atoms with Crippen molar-refractivity contribution in [1.29, 1.82) is 0 Å². The molecule has 0 aliphatic rings. The van der Waals surface area contributed by atoms with E-state index < -0.39 is 0 Å². The van der Waals surface area contributed by atoms with Crippen LogP contribution in [0.5, 0.6) is 11.5 Å². The highest BCUT2D eigenvalue weighted by molar-refractivity contribution is 5.89. The Morgan fingerprint density at radius 2 is 1.89 bits per heavy atom. The molecule has 19 heavy (non-hydrogen) atoms. The Hall–Kier alpha value is -2.33. The molecule has 2 N–H and O–H groups in total. The fourth-order valence-electron chi connectivity index (χ4n) is 1.84. The van der Waals surface area contributed by atoms with E-state index in [-0.39, 0.29) is 19.0 Å². The molecule has 0 saturated heterocycles. The van der Waals surface area contributed by atoms with Crippen LogP contribution in [0.3, 0.4) is 0 Å². The van der Waals surface area contributed by atoms with Crippen LogP contribution in [-0.2, 0) is 0 Å². The lowest BCUT2D eigenvalue weighted by atomic mass is 9.99. The highest BCUT2D eigenvalue weighted by atomic mass is 16.5. The maximum absolute atomic E-state index is 11.0. The standard InChI is InChI=1S/C15H14O4/c16-7-8-19-12-5-6-14(15(18)9-12)13-4-2-1-3-11(13)10-17/h1-6,9-10,16,18H,7-8H2. The summed E-state index contributed by atoms with van der Waals surface area (Å²) in [4.78, 5) is 11.0. The van der Waals surface area contributed by atoms with Gasteiger partial charge in [0.1, 0.15) is 18.1 Å². The molecule has 0 heterocycles. The van der Waals surface area contributed by atoms with Gasteiger partial charge >= 0.3 is 0 Å². The SMILES string of the molecule is O=Cc1ccccc1-c1ccc(OCCO)cc1O. The van der Waals surface area contributed by atoms with Gasteiger partial charge in [-0.3, -0.25) is 4.79 Å². The molecular weight excluding hydrogens is 244 g/mol. The van der Waals surface area contributed by atoms with Gasteiger partial charge in [0.15, 0.2) is 6.29 Å². The number of carbonyl (C=O) groups is 1. The van der Waals surface area contributed by atoms with Crippen molar-refractivity contribution >= 4 is 6.29 Å².